The maximum Gasteiger partial charge on any atom is 0.223 e. The zero-order valence-corrected chi connectivity index (χ0v) is 13.3. The summed E-state index contributed by atoms with van der Waals surface area (Å²) in [7, 11) is 0. The molecular formula is C17H25N3O. The first-order valence-electron chi connectivity index (χ1n) is 7.78. The maximum atomic E-state index is 12.3. The number of aromatic nitrogens is 2. The summed E-state index contributed by atoms with van der Waals surface area (Å²) in [5, 5.41) is 3.15. The van der Waals surface area contributed by atoms with Gasteiger partial charge in [-0.3, -0.25) is 4.79 Å². The Bertz CT molecular complexity index is 570. The molecule has 0 aliphatic carbocycles. The third-order valence-electron chi connectivity index (χ3n) is 3.84. The van der Waals surface area contributed by atoms with Crippen LogP contribution in [0.15, 0.2) is 24.3 Å². The van der Waals surface area contributed by atoms with Crippen LogP contribution in [0.4, 0.5) is 0 Å². The average molecular weight is 287 g/mol. The van der Waals surface area contributed by atoms with Crippen molar-refractivity contribution in [3.05, 3.63) is 30.1 Å². The number of hydrogen-bond donors (Lipinski definition) is 2. The number of nitrogens with one attached hydrogen (secondary N) is 2. The van der Waals surface area contributed by atoms with Crippen molar-refractivity contribution < 1.29 is 4.79 Å². The van der Waals surface area contributed by atoms with Crippen molar-refractivity contribution in [1.29, 1.82) is 0 Å². The van der Waals surface area contributed by atoms with Gasteiger partial charge in [-0.05, 0) is 24.5 Å². The second-order valence-corrected chi connectivity index (χ2v) is 6.06. The first-order chi connectivity index (χ1) is 10.0. The van der Waals surface area contributed by atoms with Crippen molar-refractivity contribution in [3.8, 4) is 0 Å². The highest BCUT2D eigenvalue weighted by atomic mass is 16.1. The van der Waals surface area contributed by atoms with Gasteiger partial charge in [-0.25, -0.2) is 4.98 Å². The molecule has 114 valence electrons. The fraction of sp³-hybridized carbons (Fsp3) is 0.529. The number of fused-ring (bicyclic) bond motifs is 1. The number of aromatic amines is 1. The predicted octanol–water partition coefficient (Wildman–Crippen LogP) is 3.81. The fourth-order valence-corrected chi connectivity index (χ4v) is 2.53. The molecule has 21 heavy (non-hydrogen) atoms. The second kappa shape index (κ2) is 6.74. The lowest BCUT2D eigenvalue weighted by Crippen LogP contribution is -2.36. The number of H-pyrrole nitrogens is 1. The van der Waals surface area contributed by atoms with Gasteiger partial charge in [-0.1, -0.05) is 46.2 Å². The molecule has 1 aromatic carbocycles. The first kappa shape index (κ1) is 15.5. The van der Waals surface area contributed by atoms with Crippen molar-refractivity contribution in [2.45, 2.75) is 46.6 Å². The summed E-state index contributed by atoms with van der Waals surface area (Å²) >= 11 is 0. The predicted molar refractivity (Wildman–Crippen MR) is 85.9 cm³/mol. The Balaban J connectivity index is 2.20. The lowest BCUT2D eigenvalue weighted by molar-refractivity contribution is -0.125. The third kappa shape index (κ3) is 3.63. The summed E-state index contributed by atoms with van der Waals surface area (Å²) in [6, 6.07) is 7.86. The molecule has 0 bridgehead atoms. The van der Waals surface area contributed by atoms with Crippen LogP contribution in [0.25, 0.3) is 11.0 Å². The summed E-state index contributed by atoms with van der Waals surface area (Å²) in [4.78, 5) is 20.2. The molecular weight excluding hydrogens is 262 g/mol. The molecule has 2 aromatic rings. The fourth-order valence-electron chi connectivity index (χ4n) is 2.53. The SMILES string of the molecule is CCCC(C)C(=O)NC(c1nc2ccccc2[nH]1)C(C)C. The molecule has 2 N–H and O–H groups in total. The third-order valence-corrected chi connectivity index (χ3v) is 3.84. The van der Waals surface area contributed by atoms with Gasteiger partial charge in [0.15, 0.2) is 0 Å². The largest absolute Gasteiger partial charge is 0.346 e. The Morgan fingerprint density at radius 3 is 2.62 bits per heavy atom. The number of hydrogen-bond acceptors (Lipinski definition) is 2. The van der Waals surface area contributed by atoms with Crippen LogP contribution < -0.4 is 5.32 Å². The maximum absolute atomic E-state index is 12.3. The lowest BCUT2D eigenvalue weighted by atomic mass is 10.0. The molecule has 0 saturated carbocycles. The number of rotatable bonds is 6. The quantitative estimate of drug-likeness (QED) is 0.848. The van der Waals surface area contributed by atoms with Crippen LogP contribution in [-0.2, 0) is 4.79 Å². The Hall–Kier alpha value is -1.84. The summed E-state index contributed by atoms with van der Waals surface area (Å²) < 4.78 is 0. The molecule has 0 aliphatic rings. The molecule has 2 rings (SSSR count). The van der Waals surface area contributed by atoms with E-state index in [2.05, 4.69) is 36.1 Å². The molecule has 4 heteroatoms. The molecule has 0 spiro atoms. The molecule has 1 aromatic heterocycles. The zero-order valence-electron chi connectivity index (χ0n) is 13.3. The topological polar surface area (TPSA) is 57.8 Å². The van der Waals surface area contributed by atoms with Gasteiger partial charge in [-0.15, -0.1) is 0 Å². The van der Waals surface area contributed by atoms with E-state index >= 15 is 0 Å². The molecule has 0 radical (unpaired) electrons. The average Bonchev–Trinajstić information content (AvgIpc) is 2.87. The summed E-state index contributed by atoms with van der Waals surface area (Å²) in [5.41, 5.74) is 1.95. The molecule has 0 saturated heterocycles. The van der Waals surface area contributed by atoms with Crippen LogP contribution >= 0.6 is 0 Å². The summed E-state index contributed by atoms with van der Waals surface area (Å²) in [5.74, 6) is 1.27. The van der Waals surface area contributed by atoms with Crippen molar-refractivity contribution in [2.75, 3.05) is 0 Å². The Morgan fingerprint density at radius 1 is 1.29 bits per heavy atom. The second-order valence-electron chi connectivity index (χ2n) is 6.06. The smallest absolute Gasteiger partial charge is 0.223 e. The highest BCUT2D eigenvalue weighted by molar-refractivity contribution is 5.79. The van der Waals surface area contributed by atoms with E-state index in [4.69, 9.17) is 0 Å². The standard InChI is InChI=1S/C17H25N3O/c1-5-8-12(4)17(21)20-15(11(2)3)16-18-13-9-6-7-10-14(13)19-16/h6-7,9-12,15H,5,8H2,1-4H3,(H,18,19)(H,20,21). The number of carbonyl (C=O) groups excluding carboxylic acids is 1. The molecule has 1 amide bonds. The Kier molecular flexibility index (Phi) is 4.99. The Morgan fingerprint density at radius 2 is 2.00 bits per heavy atom. The van der Waals surface area contributed by atoms with E-state index in [1.54, 1.807) is 0 Å². The number of para-hydroxylation sites is 2. The van der Waals surface area contributed by atoms with Gasteiger partial charge in [0, 0.05) is 5.92 Å². The van der Waals surface area contributed by atoms with Crippen LogP contribution in [0.5, 0.6) is 0 Å². The zero-order chi connectivity index (χ0) is 15.4. The summed E-state index contributed by atoms with van der Waals surface area (Å²) in [6.45, 7) is 8.28. The van der Waals surface area contributed by atoms with Gasteiger partial charge in [0.1, 0.15) is 5.82 Å². The highest BCUT2D eigenvalue weighted by Gasteiger charge is 2.23. The lowest BCUT2D eigenvalue weighted by Gasteiger charge is -2.22. The first-order valence-corrected chi connectivity index (χ1v) is 7.78. The monoisotopic (exact) mass is 287 g/mol. The van der Waals surface area contributed by atoms with Gasteiger partial charge in [-0.2, -0.15) is 0 Å². The molecule has 4 nitrogen and oxygen atoms in total. The molecule has 0 aliphatic heterocycles. The normalized spacial score (nSPS) is 14.3. The minimum Gasteiger partial charge on any atom is -0.346 e. The van der Waals surface area contributed by atoms with Gasteiger partial charge in [0.05, 0.1) is 17.1 Å². The van der Waals surface area contributed by atoms with E-state index in [0.717, 1.165) is 29.7 Å². The van der Waals surface area contributed by atoms with Crippen LogP contribution in [0, 0.1) is 11.8 Å². The van der Waals surface area contributed by atoms with Crippen molar-refractivity contribution in [1.82, 2.24) is 15.3 Å². The number of carbonyl (C=O) groups is 1. The van der Waals surface area contributed by atoms with E-state index in [0.29, 0.717) is 0 Å². The van der Waals surface area contributed by atoms with Gasteiger partial charge < -0.3 is 10.3 Å². The summed E-state index contributed by atoms with van der Waals surface area (Å²) in [6.07, 6.45) is 1.93. The van der Waals surface area contributed by atoms with Gasteiger partial charge in [0.25, 0.3) is 0 Å². The van der Waals surface area contributed by atoms with Crippen LogP contribution in [0.3, 0.4) is 0 Å². The molecule has 2 unspecified atom stereocenters. The van der Waals surface area contributed by atoms with Gasteiger partial charge in [0.2, 0.25) is 5.91 Å². The molecule has 2 atom stereocenters. The minimum atomic E-state index is -0.0794. The van der Waals surface area contributed by atoms with Crippen molar-refractivity contribution in [3.63, 3.8) is 0 Å². The van der Waals surface area contributed by atoms with Gasteiger partial charge >= 0.3 is 0 Å². The molecule has 0 fully saturated rings. The number of imidazole rings is 1. The number of nitrogens with zero attached hydrogens (tertiary/aromatic N) is 1. The van der Waals surface area contributed by atoms with Crippen molar-refractivity contribution >= 4 is 16.9 Å². The number of amides is 1. The van der Waals surface area contributed by atoms with Crippen LogP contribution in [0.1, 0.15) is 52.4 Å². The van der Waals surface area contributed by atoms with Crippen molar-refractivity contribution in [2.24, 2.45) is 11.8 Å². The van der Waals surface area contributed by atoms with E-state index in [-0.39, 0.29) is 23.8 Å². The molecule has 1 heterocycles. The van der Waals surface area contributed by atoms with E-state index in [1.165, 1.54) is 0 Å². The highest BCUT2D eigenvalue weighted by Crippen LogP contribution is 2.23. The van der Waals surface area contributed by atoms with E-state index < -0.39 is 0 Å². The Labute approximate surface area is 126 Å². The van der Waals surface area contributed by atoms with E-state index in [9.17, 15) is 4.79 Å². The van der Waals surface area contributed by atoms with Crippen LogP contribution in [-0.4, -0.2) is 15.9 Å². The minimum absolute atomic E-state index is 0.0422. The van der Waals surface area contributed by atoms with E-state index in [1.807, 2.05) is 31.2 Å². The van der Waals surface area contributed by atoms with Crippen LogP contribution in [0.2, 0.25) is 0 Å². The number of benzene rings is 1.